The van der Waals surface area contributed by atoms with E-state index in [0.717, 1.165) is 18.5 Å². The second kappa shape index (κ2) is 3.80. The number of carboxylic acids is 1. The van der Waals surface area contributed by atoms with E-state index in [1.807, 2.05) is 6.92 Å². The van der Waals surface area contributed by atoms with Crippen LogP contribution in [0.5, 0.6) is 0 Å². The van der Waals surface area contributed by atoms with Crippen LogP contribution in [-0.4, -0.2) is 21.0 Å². The first kappa shape index (κ1) is 8.64. The third-order valence-electron chi connectivity index (χ3n) is 1.41. The second-order valence-electron chi connectivity index (χ2n) is 2.43. The quantitative estimate of drug-likeness (QED) is 0.731. The zero-order valence-corrected chi connectivity index (χ0v) is 6.82. The maximum atomic E-state index is 10.4. The molecule has 4 nitrogen and oxygen atoms in total. The van der Waals surface area contributed by atoms with Crippen molar-refractivity contribution in [1.82, 2.24) is 9.97 Å². The molecule has 1 rings (SSSR count). The van der Waals surface area contributed by atoms with Crippen molar-refractivity contribution in [3.63, 3.8) is 0 Å². The number of carboxylic acid groups (broad SMARTS) is 1. The van der Waals surface area contributed by atoms with Gasteiger partial charge in [-0.15, -0.1) is 0 Å². The number of nitrogens with zero attached hydrogens (tertiary/aromatic N) is 2. The van der Waals surface area contributed by atoms with Gasteiger partial charge in [0.05, 0.1) is 0 Å². The highest BCUT2D eigenvalue weighted by molar-refractivity contribution is 5.82. The summed E-state index contributed by atoms with van der Waals surface area (Å²) < 4.78 is 0. The first-order chi connectivity index (χ1) is 5.74. The molecule has 12 heavy (non-hydrogen) atoms. The van der Waals surface area contributed by atoms with E-state index in [-0.39, 0.29) is 5.82 Å². The first-order valence-electron chi connectivity index (χ1n) is 3.79. The minimum Gasteiger partial charge on any atom is -0.475 e. The molecule has 0 aliphatic heterocycles. The minimum absolute atomic E-state index is 0.124. The Balaban J connectivity index is 2.88. The lowest BCUT2D eigenvalue weighted by atomic mass is 10.2. The summed E-state index contributed by atoms with van der Waals surface area (Å²) in [6.45, 7) is 2.02. The first-order valence-corrected chi connectivity index (χ1v) is 3.79. The van der Waals surface area contributed by atoms with Crippen molar-refractivity contribution < 1.29 is 9.90 Å². The molecule has 1 aromatic rings. The molecule has 0 atom stereocenters. The second-order valence-corrected chi connectivity index (χ2v) is 2.43. The molecule has 4 heteroatoms. The van der Waals surface area contributed by atoms with Crippen molar-refractivity contribution in [3.8, 4) is 0 Å². The standard InChI is InChI=1S/C8H10N2O2/c1-2-3-6-4-5-9-7(10-6)8(11)12/h4-5H,2-3H2,1H3,(H,11,12). The molecule has 0 aliphatic rings. The number of aromatic carboxylic acids is 1. The Morgan fingerprint density at radius 2 is 2.42 bits per heavy atom. The molecular weight excluding hydrogens is 156 g/mol. The molecule has 0 aromatic carbocycles. The normalized spacial score (nSPS) is 9.75. The number of carbonyl (C=O) groups is 1. The van der Waals surface area contributed by atoms with Gasteiger partial charge in [-0.2, -0.15) is 0 Å². The third-order valence-corrected chi connectivity index (χ3v) is 1.41. The van der Waals surface area contributed by atoms with Crippen LogP contribution in [0.4, 0.5) is 0 Å². The summed E-state index contributed by atoms with van der Waals surface area (Å²) in [4.78, 5) is 17.9. The van der Waals surface area contributed by atoms with E-state index in [9.17, 15) is 4.79 Å². The van der Waals surface area contributed by atoms with Crippen molar-refractivity contribution in [3.05, 3.63) is 23.8 Å². The molecule has 1 heterocycles. The predicted octanol–water partition coefficient (Wildman–Crippen LogP) is 1.13. The van der Waals surface area contributed by atoms with Gasteiger partial charge in [0.15, 0.2) is 0 Å². The maximum absolute atomic E-state index is 10.4. The van der Waals surface area contributed by atoms with Crippen LogP contribution in [0.1, 0.15) is 29.7 Å². The Bertz CT molecular complexity index is 286. The Morgan fingerprint density at radius 1 is 1.67 bits per heavy atom. The van der Waals surface area contributed by atoms with Crippen LogP contribution >= 0.6 is 0 Å². The fraction of sp³-hybridized carbons (Fsp3) is 0.375. The summed E-state index contributed by atoms with van der Waals surface area (Å²) in [7, 11) is 0. The van der Waals surface area contributed by atoms with Gasteiger partial charge in [-0.1, -0.05) is 13.3 Å². The van der Waals surface area contributed by atoms with E-state index in [2.05, 4.69) is 9.97 Å². The Morgan fingerprint density at radius 3 is 3.00 bits per heavy atom. The minimum atomic E-state index is -1.08. The molecule has 0 saturated heterocycles. The van der Waals surface area contributed by atoms with Gasteiger partial charge in [0.2, 0.25) is 5.82 Å². The van der Waals surface area contributed by atoms with Crippen LogP contribution in [0, 0.1) is 0 Å². The van der Waals surface area contributed by atoms with Crippen LogP contribution in [0.25, 0.3) is 0 Å². The smallest absolute Gasteiger partial charge is 0.373 e. The van der Waals surface area contributed by atoms with Gasteiger partial charge < -0.3 is 5.11 Å². The summed E-state index contributed by atoms with van der Waals surface area (Å²) in [5, 5.41) is 8.55. The lowest BCUT2D eigenvalue weighted by molar-refractivity contribution is 0.0683. The lowest BCUT2D eigenvalue weighted by Crippen LogP contribution is -2.05. The number of hydrogen-bond donors (Lipinski definition) is 1. The fourth-order valence-corrected chi connectivity index (χ4v) is 0.894. The summed E-state index contributed by atoms with van der Waals surface area (Å²) in [5.41, 5.74) is 0.782. The van der Waals surface area contributed by atoms with Crippen LogP contribution in [0.15, 0.2) is 12.3 Å². The molecule has 0 spiro atoms. The molecule has 0 bridgehead atoms. The number of rotatable bonds is 3. The fourth-order valence-electron chi connectivity index (χ4n) is 0.894. The molecule has 0 amide bonds. The van der Waals surface area contributed by atoms with E-state index in [0.29, 0.717) is 0 Å². The Labute approximate surface area is 70.3 Å². The van der Waals surface area contributed by atoms with Gasteiger partial charge in [0.25, 0.3) is 0 Å². The van der Waals surface area contributed by atoms with Crippen LogP contribution in [0.2, 0.25) is 0 Å². The summed E-state index contributed by atoms with van der Waals surface area (Å²) in [6.07, 6.45) is 3.22. The molecule has 1 N–H and O–H groups in total. The molecule has 0 radical (unpaired) electrons. The van der Waals surface area contributed by atoms with Crippen LogP contribution in [-0.2, 0) is 6.42 Å². The van der Waals surface area contributed by atoms with E-state index in [4.69, 9.17) is 5.11 Å². The number of aryl methyl sites for hydroxylation is 1. The summed E-state index contributed by atoms with van der Waals surface area (Å²) >= 11 is 0. The van der Waals surface area contributed by atoms with E-state index >= 15 is 0 Å². The average Bonchev–Trinajstić information content (AvgIpc) is 2.05. The van der Waals surface area contributed by atoms with E-state index < -0.39 is 5.97 Å². The number of hydrogen-bond acceptors (Lipinski definition) is 3. The molecule has 0 aliphatic carbocycles. The molecule has 0 saturated carbocycles. The van der Waals surface area contributed by atoms with Crippen molar-refractivity contribution >= 4 is 5.97 Å². The zero-order valence-electron chi connectivity index (χ0n) is 6.82. The molecule has 0 fully saturated rings. The highest BCUT2D eigenvalue weighted by Crippen LogP contribution is 1.98. The third kappa shape index (κ3) is 2.02. The largest absolute Gasteiger partial charge is 0.475 e. The molecule has 0 unspecified atom stereocenters. The average molecular weight is 166 g/mol. The van der Waals surface area contributed by atoms with Gasteiger partial charge >= 0.3 is 5.97 Å². The summed E-state index contributed by atoms with van der Waals surface area (Å²) in [6, 6.07) is 1.73. The van der Waals surface area contributed by atoms with Gasteiger partial charge in [0, 0.05) is 11.9 Å². The maximum Gasteiger partial charge on any atom is 0.373 e. The van der Waals surface area contributed by atoms with Crippen LogP contribution < -0.4 is 0 Å². The van der Waals surface area contributed by atoms with Crippen molar-refractivity contribution in [1.29, 1.82) is 0 Å². The summed E-state index contributed by atoms with van der Waals surface area (Å²) in [5.74, 6) is -1.20. The Kier molecular flexibility index (Phi) is 2.74. The zero-order chi connectivity index (χ0) is 8.97. The van der Waals surface area contributed by atoms with E-state index in [1.165, 1.54) is 6.20 Å². The van der Waals surface area contributed by atoms with Crippen molar-refractivity contribution in [2.45, 2.75) is 19.8 Å². The van der Waals surface area contributed by atoms with Gasteiger partial charge in [0.1, 0.15) is 0 Å². The van der Waals surface area contributed by atoms with Gasteiger partial charge in [-0.25, -0.2) is 14.8 Å². The molecular formula is C8H10N2O2. The van der Waals surface area contributed by atoms with E-state index in [1.54, 1.807) is 6.07 Å². The lowest BCUT2D eigenvalue weighted by Gasteiger charge is -1.97. The monoisotopic (exact) mass is 166 g/mol. The van der Waals surface area contributed by atoms with Gasteiger partial charge in [-0.05, 0) is 12.5 Å². The van der Waals surface area contributed by atoms with Gasteiger partial charge in [-0.3, -0.25) is 0 Å². The van der Waals surface area contributed by atoms with Crippen LogP contribution in [0.3, 0.4) is 0 Å². The van der Waals surface area contributed by atoms with Crippen molar-refractivity contribution in [2.75, 3.05) is 0 Å². The molecule has 1 aromatic heterocycles. The molecule has 64 valence electrons. The Hall–Kier alpha value is -1.45. The topological polar surface area (TPSA) is 63.1 Å². The highest BCUT2D eigenvalue weighted by Gasteiger charge is 2.05. The predicted molar refractivity (Wildman–Crippen MR) is 43.0 cm³/mol. The van der Waals surface area contributed by atoms with Crippen molar-refractivity contribution in [2.24, 2.45) is 0 Å². The highest BCUT2D eigenvalue weighted by atomic mass is 16.4. The number of aromatic nitrogens is 2. The SMILES string of the molecule is CCCc1ccnc(C(=O)O)n1.